The lowest BCUT2D eigenvalue weighted by Crippen LogP contribution is -2.37. The summed E-state index contributed by atoms with van der Waals surface area (Å²) in [6.45, 7) is 8.96. The van der Waals surface area contributed by atoms with E-state index in [-0.39, 0.29) is 11.9 Å². The maximum atomic E-state index is 11.2. The molecule has 0 aromatic heterocycles. The fourth-order valence-corrected chi connectivity index (χ4v) is 1.29. The Morgan fingerprint density at radius 2 is 2.07 bits per heavy atom. The minimum absolute atomic E-state index is 0.0797. The molecule has 3 nitrogen and oxygen atoms in total. The van der Waals surface area contributed by atoms with Gasteiger partial charge in [0.15, 0.2) is 0 Å². The SMILES string of the molecule is C=CCCCCCNCC(=O)NC(C)C. The molecule has 0 saturated heterocycles. The molecule has 0 aliphatic carbocycles. The van der Waals surface area contributed by atoms with Gasteiger partial charge in [0.25, 0.3) is 0 Å². The van der Waals surface area contributed by atoms with E-state index in [2.05, 4.69) is 17.2 Å². The number of rotatable bonds is 9. The highest BCUT2D eigenvalue weighted by atomic mass is 16.1. The summed E-state index contributed by atoms with van der Waals surface area (Å²) in [5, 5.41) is 5.97. The van der Waals surface area contributed by atoms with Gasteiger partial charge in [-0.2, -0.15) is 0 Å². The molecule has 0 aromatic rings. The second-order valence-electron chi connectivity index (χ2n) is 4.04. The van der Waals surface area contributed by atoms with Gasteiger partial charge in [-0.05, 0) is 39.7 Å². The van der Waals surface area contributed by atoms with Gasteiger partial charge < -0.3 is 10.6 Å². The molecule has 0 spiro atoms. The number of unbranched alkanes of at least 4 members (excludes halogenated alkanes) is 3. The molecule has 0 radical (unpaired) electrons. The molecule has 0 unspecified atom stereocenters. The number of nitrogens with one attached hydrogen (secondary N) is 2. The predicted molar refractivity (Wildman–Crippen MR) is 64.8 cm³/mol. The zero-order valence-corrected chi connectivity index (χ0v) is 10.0. The van der Waals surface area contributed by atoms with Crippen molar-refractivity contribution in [3.63, 3.8) is 0 Å². The molecule has 2 N–H and O–H groups in total. The molecule has 88 valence electrons. The summed E-state index contributed by atoms with van der Waals surface area (Å²) in [7, 11) is 0. The lowest BCUT2D eigenvalue weighted by Gasteiger charge is -2.08. The van der Waals surface area contributed by atoms with E-state index in [0.717, 1.165) is 19.4 Å². The molecule has 0 bridgehead atoms. The molecule has 1 amide bonds. The van der Waals surface area contributed by atoms with Gasteiger partial charge in [0.1, 0.15) is 0 Å². The highest BCUT2D eigenvalue weighted by molar-refractivity contribution is 5.78. The third kappa shape index (κ3) is 11.1. The maximum absolute atomic E-state index is 11.2. The van der Waals surface area contributed by atoms with E-state index in [9.17, 15) is 4.79 Å². The predicted octanol–water partition coefficient (Wildman–Crippen LogP) is 1.85. The van der Waals surface area contributed by atoms with Crippen LogP contribution in [0.15, 0.2) is 12.7 Å². The van der Waals surface area contributed by atoms with E-state index < -0.39 is 0 Å². The standard InChI is InChI=1S/C12H24N2O/c1-4-5-6-7-8-9-13-10-12(15)14-11(2)3/h4,11,13H,1,5-10H2,2-3H3,(H,14,15). The highest BCUT2D eigenvalue weighted by Crippen LogP contribution is 1.98. The quantitative estimate of drug-likeness (QED) is 0.452. The molecule has 0 atom stereocenters. The van der Waals surface area contributed by atoms with Crippen LogP contribution in [0.5, 0.6) is 0 Å². The summed E-state index contributed by atoms with van der Waals surface area (Å²) in [5.74, 6) is 0.0797. The monoisotopic (exact) mass is 212 g/mol. The highest BCUT2D eigenvalue weighted by Gasteiger charge is 2.00. The fourth-order valence-electron chi connectivity index (χ4n) is 1.29. The van der Waals surface area contributed by atoms with Crippen LogP contribution in [0, 0.1) is 0 Å². The lowest BCUT2D eigenvalue weighted by atomic mass is 10.2. The Labute approximate surface area is 93.3 Å². The van der Waals surface area contributed by atoms with Gasteiger partial charge in [-0.25, -0.2) is 0 Å². The summed E-state index contributed by atoms with van der Waals surface area (Å²) in [4.78, 5) is 11.2. The van der Waals surface area contributed by atoms with Gasteiger partial charge in [-0.1, -0.05) is 12.5 Å². The minimum Gasteiger partial charge on any atom is -0.353 e. The number of amides is 1. The van der Waals surface area contributed by atoms with Crippen molar-refractivity contribution in [2.24, 2.45) is 0 Å². The van der Waals surface area contributed by atoms with E-state index in [0.29, 0.717) is 6.54 Å². The van der Waals surface area contributed by atoms with Gasteiger partial charge in [0.2, 0.25) is 5.91 Å². The van der Waals surface area contributed by atoms with E-state index in [4.69, 9.17) is 0 Å². The van der Waals surface area contributed by atoms with E-state index >= 15 is 0 Å². The van der Waals surface area contributed by atoms with Crippen molar-refractivity contribution in [1.82, 2.24) is 10.6 Å². The fraction of sp³-hybridized carbons (Fsp3) is 0.750. The van der Waals surface area contributed by atoms with Crippen LogP contribution in [-0.4, -0.2) is 25.0 Å². The van der Waals surface area contributed by atoms with Crippen LogP contribution < -0.4 is 10.6 Å². The van der Waals surface area contributed by atoms with Gasteiger partial charge >= 0.3 is 0 Å². The van der Waals surface area contributed by atoms with Crippen molar-refractivity contribution < 1.29 is 4.79 Å². The zero-order chi connectivity index (χ0) is 11.5. The van der Waals surface area contributed by atoms with E-state index in [1.165, 1.54) is 12.8 Å². The molecule has 0 fully saturated rings. The van der Waals surface area contributed by atoms with Gasteiger partial charge in [-0.15, -0.1) is 6.58 Å². The Morgan fingerprint density at radius 3 is 2.67 bits per heavy atom. The molecule has 3 heteroatoms. The Balaban J connectivity index is 3.16. The van der Waals surface area contributed by atoms with Crippen LogP contribution in [0.2, 0.25) is 0 Å². The minimum atomic E-state index is 0.0797. The van der Waals surface area contributed by atoms with Crippen LogP contribution >= 0.6 is 0 Å². The average Bonchev–Trinajstić information content (AvgIpc) is 2.15. The number of carbonyl (C=O) groups is 1. The first kappa shape index (κ1) is 14.2. The summed E-state index contributed by atoms with van der Waals surface area (Å²) >= 11 is 0. The topological polar surface area (TPSA) is 41.1 Å². The smallest absolute Gasteiger partial charge is 0.234 e. The van der Waals surface area contributed by atoms with Crippen LogP contribution in [0.25, 0.3) is 0 Å². The third-order valence-electron chi connectivity index (χ3n) is 2.00. The molecule has 0 heterocycles. The number of allylic oxidation sites excluding steroid dienone is 1. The molecule has 0 saturated carbocycles. The molecule has 0 aliphatic rings. The molecular formula is C12H24N2O. The Morgan fingerprint density at radius 1 is 1.33 bits per heavy atom. The van der Waals surface area contributed by atoms with Crippen molar-refractivity contribution in [2.75, 3.05) is 13.1 Å². The van der Waals surface area contributed by atoms with Crippen molar-refractivity contribution in [1.29, 1.82) is 0 Å². The Kier molecular flexibility index (Phi) is 9.18. The summed E-state index contributed by atoms with van der Waals surface area (Å²) in [6, 6.07) is 0.229. The zero-order valence-electron chi connectivity index (χ0n) is 10.0. The van der Waals surface area contributed by atoms with Crippen molar-refractivity contribution >= 4 is 5.91 Å². The third-order valence-corrected chi connectivity index (χ3v) is 2.00. The normalized spacial score (nSPS) is 10.3. The summed E-state index contributed by atoms with van der Waals surface area (Å²) < 4.78 is 0. The molecule has 15 heavy (non-hydrogen) atoms. The van der Waals surface area contributed by atoms with E-state index in [1.54, 1.807) is 0 Å². The first-order valence-corrected chi connectivity index (χ1v) is 5.77. The number of hydrogen-bond donors (Lipinski definition) is 2. The van der Waals surface area contributed by atoms with Crippen molar-refractivity contribution in [2.45, 2.75) is 45.6 Å². The van der Waals surface area contributed by atoms with Crippen LogP contribution in [0.3, 0.4) is 0 Å². The molecule has 0 rings (SSSR count). The first-order chi connectivity index (χ1) is 7.16. The number of carbonyl (C=O) groups excluding carboxylic acids is 1. The largest absolute Gasteiger partial charge is 0.353 e. The van der Waals surface area contributed by atoms with Gasteiger partial charge in [-0.3, -0.25) is 4.79 Å². The van der Waals surface area contributed by atoms with Crippen LogP contribution in [-0.2, 0) is 4.79 Å². The van der Waals surface area contributed by atoms with Crippen molar-refractivity contribution in [3.8, 4) is 0 Å². The molecule has 0 aliphatic heterocycles. The van der Waals surface area contributed by atoms with Crippen LogP contribution in [0.4, 0.5) is 0 Å². The Bertz CT molecular complexity index is 178. The van der Waals surface area contributed by atoms with Gasteiger partial charge in [0.05, 0.1) is 6.54 Å². The second kappa shape index (κ2) is 9.71. The van der Waals surface area contributed by atoms with E-state index in [1.807, 2.05) is 19.9 Å². The molecule has 0 aromatic carbocycles. The average molecular weight is 212 g/mol. The first-order valence-electron chi connectivity index (χ1n) is 5.77. The number of hydrogen-bond acceptors (Lipinski definition) is 2. The van der Waals surface area contributed by atoms with Crippen molar-refractivity contribution in [3.05, 3.63) is 12.7 Å². The second-order valence-corrected chi connectivity index (χ2v) is 4.04. The maximum Gasteiger partial charge on any atom is 0.234 e. The Hall–Kier alpha value is -0.830. The molecular weight excluding hydrogens is 188 g/mol. The lowest BCUT2D eigenvalue weighted by molar-refractivity contribution is -0.120. The summed E-state index contributed by atoms with van der Waals surface area (Å²) in [6.07, 6.45) is 6.56. The summed E-state index contributed by atoms with van der Waals surface area (Å²) in [5.41, 5.74) is 0. The van der Waals surface area contributed by atoms with Gasteiger partial charge in [0, 0.05) is 6.04 Å². The van der Waals surface area contributed by atoms with Crippen LogP contribution in [0.1, 0.15) is 39.5 Å².